The van der Waals surface area contributed by atoms with Gasteiger partial charge in [0, 0.05) is 18.7 Å². The minimum atomic E-state index is 0.804. The number of imidazole rings is 1. The molecule has 21 heavy (non-hydrogen) atoms. The van der Waals surface area contributed by atoms with Gasteiger partial charge < -0.3 is 10.3 Å². The van der Waals surface area contributed by atoms with E-state index < -0.39 is 0 Å². The maximum Gasteiger partial charge on any atom is 0.114 e. The molecular weight excluding hydrogens is 258 g/mol. The molecule has 0 radical (unpaired) electrons. The molecule has 1 heterocycles. The molecule has 0 saturated carbocycles. The van der Waals surface area contributed by atoms with Gasteiger partial charge in [-0.1, -0.05) is 37.6 Å². The lowest BCUT2D eigenvalue weighted by Crippen LogP contribution is -2.05. The summed E-state index contributed by atoms with van der Waals surface area (Å²) in [6.45, 7) is 3.25. The van der Waals surface area contributed by atoms with Crippen molar-refractivity contribution in [1.82, 2.24) is 9.55 Å². The van der Waals surface area contributed by atoms with Crippen LogP contribution in [0.15, 0.2) is 48.5 Å². The first-order valence-electron chi connectivity index (χ1n) is 7.56. The van der Waals surface area contributed by atoms with E-state index in [0.717, 1.165) is 30.0 Å². The van der Waals surface area contributed by atoms with Crippen molar-refractivity contribution in [3.05, 3.63) is 59.9 Å². The number of benzene rings is 2. The standard InChI is InChI=1S/C18H21N3/c1-2-3-12-21-17-7-5-4-6-16(17)20-18(21)13-14-8-10-15(19)11-9-14/h4-11H,2-3,12-13,19H2,1H3. The molecule has 0 fully saturated rings. The first-order chi connectivity index (χ1) is 10.3. The Morgan fingerprint density at radius 3 is 2.57 bits per heavy atom. The van der Waals surface area contributed by atoms with Crippen molar-refractivity contribution < 1.29 is 0 Å². The molecule has 2 aromatic carbocycles. The summed E-state index contributed by atoms with van der Waals surface area (Å²) in [6, 6.07) is 16.4. The molecule has 0 bridgehead atoms. The number of nitrogens with zero attached hydrogens (tertiary/aromatic N) is 2. The highest BCUT2D eigenvalue weighted by molar-refractivity contribution is 5.76. The van der Waals surface area contributed by atoms with Gasteiger partial charge in [0.05, 0.1) is 11.0 Å². The third kappa shape index (κ3) is 2.92. The molecular formula is C18H21N3. The predicted molar refractivity (Wildman–Crippen MR) is 88.3 cm³/mol. The van der Waals surface area contributed by atoms with E-state index in [2.05, 4.69) is 41.8 Å². The summed E-state index contributed by atoms with van der Waals surface area (Å²) >= 11 is 0. The Hall–Kier alpha value is -2.29. The zero-order valence-corrected chi connectivity index (χ0v) is 12.4. The molecule has 0 unspecified atom stereocenters. The number of aromatic nitrogens is 2. The summed E-state index contributed by atoms with van der Waals surface area (Å²) in [5, 5.41) is 0. The van der Waals surface area contributed by atoms with Crippen LogP contribution in [0.4, 0.5) is 5.69 Å². The van der Waals surface area contributed by atoms with Gasteiger partial charge >= 0.3 is 0 Å². The summed E-state index contributed by atoms with van der Waals surface area (Å²) in [6.07, 6.45) is 3.21. The molecule has 3 aromatic rings. The van der Waals surface area contributed by atoms with Crippen LogP contribution in [-0.2, 0) is 13.0 Å². The molecule has 1 aromatic heterocycles. The number of aryl methyl sites for hydroxylation is 1. The molecule has 0 atom stereocenters. The SMILES string of the molecule is CCCCn1c(Cc2ccc(N)cc2)nc2ccccc21. The Balaban J connectivity index is 1.97. The van der Waals surface area contributed by atoms with E-state index in [1.54, 1.807) is 0 Å². The molecule has 3 nitrogen and oxygen atoms in total. The number of hydrogen-bond acceptors (Lipinski definition) is 2. The van der Waals surface area contributed by atoms with Crippen molar-refractivity contribution in [2.45, 2.75) is 32.7 Å². The zero-order valence-electron chi connectivity index (χ0n) is 12.4. The molecule has 0 aliphatic carbocycles. The van der Waals surface area contributed by atoms with Gasteiger partial charge in [-0.25, -0.2) is 4.98 Å². The van der Waals surface area contributed by atoms with Crippen molar-refractivity contribution in [2.24, 2.45) is 0 Å². The third-order valence-corrected chi connectivity index (χ3v) is 3.81. The fraction of sp³-hybridized carbons (Fsp3) is 0.278. The maximum atomic E-state index is 5.76. The number of anilines is 1. The molecule has 3 heteroatoms. The largest absolute Gasteiger partial charge is 0.399 e. The number of nitrogen functional groups attached to an aromatic ring is 1. The van der Waals surface area contributed by atoms with Crippen LogP contribution in [-0.4, -0.2) is 9.55 Å². The fourth-order valence-corrected chi connectivity index (χ4v) is 2.64. The summed E-state index contributed by atoms with van der Waals surface area (Å²) in [7, 11) is 0. The van der Waals surface area contributed by atoms with E-state index in [4.69, 9.17) is 10.7 Å². The lowest BCUT2D eigenvalue weighted by molar-refractivity contribution is 0.623. The average molecular weight is 279 g/mol. The van der Waals surface area contributed by atoms with Gasteiger partial charge in [0.1, 0.15) is 5.82 Å². The number of unbranched alkanes of at least 4 members (excludes halogenated alkanes) is 1. The molecule has 0 spiro atoms. The average Bonchev–Trinajstić information content (AvgIpc) is 2.85. The molecule has 0 aliphatic rings. The molecule has 0 aliphatic heterocycles. The van der Waals surface area contributed by atoms with Crippen molar-refractivity contribution in [3.63, 3.8) is 0 Å². The van der Waals surface area contributed by atoms with Crippen molar-refractivity contribution in [2.75, 3.05) is 5.73 Å². The topological polar surface area (TPSA) is 43.8 Å². The van der Waals surface area contributed by atoms with Gasteiger partial charge in [-0.05, 0) is 36.2 Å². The van der Waals surface area contributed by atoms with Crippen molar-refractivity contribution in [1.29, 1.82) is 0 Å². The van der Waals surface area contributed by atoms with E-state index in [1.807, 2.05) is 18.2 Å². The summed E-state index contributed by atoms with van der Waals surface area (Å²) in [5.41, 5.74) is 10.1. The molecule has 0 amide bonds. The summed E-state index contributed by atoms with van der Waals surface area (Å²) in [5.74, 6) is 1.13. The second-order valence-corrected chi connectivity index (χ2v) is 5.44. The highest BCUT2D eigenvalue weighted by Crippen LogP contribution is 2.19. The Labute approximate surface area is 125 Å². The fourth-order valence-electron chi connectivity index (χ4n) is 2.64. The first kappa shape index (κ1) is 13.7. The Morgan fingerprint density at radius 2 is 1.81 bits per heavy atom. The predicted octanol–water partition coefficient (Wildman–Crippen LogP) is 4.01. The number of fused-ring (bicyclic) bond motifs is 1. The van der Waals surface area contributed by atoms with Crippen LogP contribution in [0.3, 0.4) is 0 Å². The minimum absolute atomic E-state index is 0.804. The lowest BCUT2D eigenvalue weighted by Gasteiger charge is -2.09. The number of para-hydroxylation sites is 2. The number of nitrogens with two attached hydrogens (primary N) is 1. The van der Waals surface area contributed by atoms with Crippen LogP contribution in [0, 0.1) is 0 Å². The Bertz CT molecular complexity index is 726. The van der Waals surface area contributed by atoms with E-state index in [-0.39, 0.29) is 0 Å². The summed E-state index contributed by atoms with van der Waals surface area (Å²) < 4.78 is 2.36. The van der Waals surface area contributed by atoms with E-state index in [1.165, 1.54) is 23.9 Å². The monoisotopic (exact) mass is 279 g/mol. The van der Waals surface area contributed by atoms with Gasteiger partial charge in [0.15, 0.2) is 0 Å². The Kier molecular flexibility index (Phi) is 3.91. The van der Waals surface area contributed by atoms with Gasteiger partial charge in [0.2, 0.25) is 0 Å². The third-order valence-electron chi connectivity index (χ3n) is 3.81. The number of hydrogen-bond donors (Lipinski definition) is 1. The smallest absolute Gasteiger partial charge is 0.114 e. The molecule has 0 saturated heterocycles. The van der Waals surface area contributed by atoms with Crippen LogP contribution in [0.1, 0.15) is 31.2 Å². The highest BCUT2D eigenvalue weighted by Gasteiger charge is 2.10. The van der Waals surface area contributed by atoms with Crippen LogP contribution in [0.5, 0.6) is 0 Å². The first-order valence-corrected chi connectivity index (χ1v) is 7.56. The van der Waals surface area contributed by atoms with Gasteiger partial charge in [-0.3, -0.25) is 0 Å². The van der Waals surface area contributed by atoms with E-state index >= 15 is 0 Å². The maximum absolute atomic E-state index is 5.76. The second-order valence-electron chi connectivity index (χ2n) is 5.44. The van der Waals surface area contributed by atoms with Crippen LogP contribution >= 0.6 is 0 Å². The Morgan fingerprint density at radius 1 is 1.05 bits per heavy atom. The van der Waals surface area contributed by atoms with Gasteiger partial charge in [0.25, 0.3) is 0 Å². The van der Waals surface area contributed by atoms with E-state index in [9.17, 15) is 0 Å². The molecule has 2 N–H and O–H groups in total. The van der Waals surface area contributed by atoms with Crippen LogP contribution in [0.2, 0.25) is 0 Å². The van der Waals surface area contributed by atoms with Crippen molar-refractivity contribution >= 4 is 16.7 Å². The quantitative estimate of drug-likeness (QED) is 0.717. The van der Waals surface area contributed by atoms with Gasteiger partial charge in [-0.15, -0.1) is 0 Å². The molecule has 108 valence electrons. The minimum Gasteiger partial charge on any atom is -0.399 e. The highest BCUT2D eigenvalue weighted by atomic mass is 15.1. The van der Waals surface area contributed by atoms with Crippen LogP contribution in [0.25, 0.3) is 11.0 Å². The number of rotatable bonds is 5. The van der Waals surface area contributed by atoms with E-state index in [0.29, 0.717) is 0 Å². The summed E-state index contributed by atoms with van der Waals surface area (Å²) in [4.78, 5) is 4.82. The van der Waals surface area contributed by atoms with Crippen molar-refractivity contribution in [3.8, 4) is 0 Å². The zero-order chi connectivity index (χ0) is 14.7. The second kappa shape index (κ2) is 6.00. The van der Waals surface area contributed by atoms with Crippen LogP contribution < -0.4 is 5.73 Å². The molecule has 3 rings (SSSR count). The normalized spacial score (nSPS) is 11.1. The van der Waals surface area contributed by atoms with Gasteiger partial charge in [-0.2, -0.15) is 0 Å². The lowest BCUT2D eigenvalue weighted by atomic mass is 10.1.